The molecule has 0 fully saturated rings. The summed E-state index contributed by atoms with van der Waals surface area (Å²) >= 11 is 0. The second kappa shape index (κ2) is 1.64. The standard InChI is InChI=1S/C4H4FNO/c5-7-4-1-2-6-3-4/h1-3,6H. The van der Waals surface area contributed by atoms with Crippen LogP contribution in [0, 0.1) is 0 Å². The number of hydrogen-bond donors (Lipinski definition) is 1. The summed E-state index contributed by atoms with van der Waals surface area (Å²) in [6, 6.07) is 1.49. The summed E-state index contributed by atoms with van der Waals surface area (Å²) < 4.78 is 11.0. The lowest BCUT2D eigenvalue weighted by molar-refractivity contribution is -0.00602. The first-order valence-corrected chi connectivity index (χ1v) is 1.85. The van der Waals surface area contributed by atoms with Gasteiger partial charge in [-0.05, 0) is 0 Å². The molecule has 0 aliphatic carbocycles. The van der Waals surface area contributed by atoms with Crippen molar-refractivity contribution < 1.29 is 9.47 Å². The molecule has 1 N–H and O–H groups in total. The highest BCUT2D eigenvalue weighted by atomic mass is 19.3. The molecule has 3 heteroatoms. The number of aromatic nitrogens is 1. The van der Waals surface area contributed by atoms with Crippen LogP contribution in [0.1, 0.15) is 0 Å². The van der Waals surface area contributed by atoms with E-state index in [9.17, 15) is 4.53 Å². The summed E-state index contributed by atoms with van der Waals surface area (Å²) in [5.74, 6) is 0.208. The molecule has 0 aromatic carbocycles. The molecule has 0 aliphatic heterocycles. The second-order valence-electron chi connectivity index (χ2n) is 1.12. The molecule has 0 atom stereocenters. The Hall–Kier alpha value is -0.990. The predicted molar refractivity (Wildman–Crippen MR) is 22.5 cm³/mol. The average Bonchev–Trinajstić information content (AvgIpc) is 2.14. The minimum absolute atomic E-state index is 0.208. The van der Waals surface area contributed by atoms with Gasteiger partial charge in [0, 0.05) is 23.0 Å². The zero-order chi connectivity index (χ0) is 5.11. The summed E-state index contributed by atoms with van der Waals surface area (Å²) in [6.45, 7) is 0. The molecule has 0 aliphatic rings. The zero-order valence-corrected chi connectivity index (χ0v) is 3.52. The smallest absolute Gasteiger partial charge is 0.189 e. The van der Waals surface area contributed by atoms with E-state index in [1.165, 1.54) is 12.3 Å². The van der Waals surface area contributed by atoms with Gasteiger partial charge in [0.2, 0.25) is 0 Å². The molecule has 0 radical (unpaired) electrons. The number of rotatable bonds is 1. The molecule has 38 valence electrons. The lowest BCUT2D eigenvalue weighted by atomic mass is 10.6. The van der Waals surface area contributed by atoms with Crippen LogP contribution in [0.3, 0.4) is 0 Å². The van der Waals surface area contributed by atoms with E-state index in [2.05, 4.69) is 9.93 Å². The normalized spacial score (nSPS) is 8.71. The summed E-state index contributed by atoms with van der Waals surface area (Å²) in [5.41, 5.74) is 0. The van der Waals surface area contributed by atoms with Crippen molar-refractivity contribution >= 4 is 0 Å². The van der Waals surface area contributed by atoms with Crippen molar-refractivity contribution in [3.05, 3.63) is 18.5 Å². The predicted octanol–water partition coefficient (Wildman–Crippen LogP) is 1.28. The SMILES string of the molecule is FOc1cc[nH]c1. The molecular weight excluding hydrogens is 97.0 g/mol. The van der Waals surface area contributed by atoms with Crippen LogP contribution >= 0.6 is 0 Å². The van der Waals surface area contributed by atoms with Crippen molar-refractivity contribution in [3.8, 4) is 5.75 Å². The molecule has 2 nitrogen and oxygen atoms in total. The van der Waals surface area contributed by atoms with Gasteiger partial charge >= 0.3 is 0 Å². The van der Waals surface area contributed by atoms with E-state index in [0.29, 0.717) is 0 Å². The maximum atomic E-state index is 11.0. The molecule has 1 heterocycles. The Morgan fingerprint density at radius 3 is 2.86 bits per heavy atom. The number of hydrogen-bond acceptors (Lipinski definition) is 1. The second-order valence-corrected chi connectivity index (χ2v) is 1.12. The van der Waals surface area contributed by atoms with Crippen molar-refractivity contribution in [2.24, 2.45) is 0 Å². The zero-order valence-electron chi connectivity index (χ0n) is 3.52. The van der Waals surface area contributed by atoms with Gasteiger partial charge in [0.25, 0.3) is 0 Å². The highest BCUT2D eigenvalue weighted by molar-refractivity contribution is 5.14. The number of H-pyrrole nitrogens is 1. The van der Waals surface area contributed by atoms with Gasteiger partial charge in [-0.2, -0.15) is 0 Å². The van der Waals surface area contributed by atoms with E-state index in [1.54, 1.807) is 6.20 Å². The lowest BCUT2D eigenvalue weighted by Crippen LogP contribution is -1.66. The minimum atomic E-state index is 0.208. The van der Waals surface area contributed by atoms with Crippen molar-refractivity contribution in [1.29, 1.82) is 0 Å². The first kappa shape index (κ1) is 4.18. The maximum Gasteiger partial charge on any atom is 0.189 e. The van der Waals surface area contributed by atoms with Gasteiger partial charge < -0.3 is 4.98 Å². The van der Waals surface area contributed by atoms with E-state index >= 15 is 0 Å². The van der Waals surface area contributed by atoms with E-state index in [1.807, 2.05) is 0 Å². The molecule has 0 spiro atoms. The molecule has 0 amide bonds. The molecule has 0 saturated carbocycles. The molecule has 0 saturated heterocycles. The average molecular weight is 101 g/mol. The number of nitrogens with one attached hydrogen (secondary N) is 1. The van der Waals surface area contributed by atoms with Crippen LogP contribution < -0.4 is 4.94 Å². The van der Waals surface area contributed by atoms with Gasteiger partial charge in [-0.15, -0.1) is 0 Å². The van der Waals surface area contributed by atoms with Crippen molar-refractivity contribution in [1.82, 2.24) is 4.98 Å². The fraction of sp³-hybridized carbons (Fsp3) is 0. The van der Waals surface area contributed by atoms with Gasteiger partial charge in [-0.3, -0.25) is 4.94 Å². The molecule has 1 rings (SSSR count). The highest BCUT2D eigenvalue weighted by Gasteiger charge is 1.86. The molecule has 0 bridgehead atoms. The fourth-order valence-electron chi connectivity index (χ4n) is 0.357. The van der Waals surface area contributed by atoms with Gasteiger partial charge in [0.15, 0.2) is 5.75 Å². The van der Waals surface area contributed by atoms with Crippen LogP contribution in [-0.2, 0) is 0 Å². The Labute approximate surface area is 39.8 Å². The fourth-order valence-corrected chi connectivity index (χ4v) is 0.357. The third-order valence-electron chi connectivity index (χ3n) is 0.659. The molecule has 0 unspecified atom stereocenters. The highest BCUT2D eigenvalue weighted by Crippen LogP contribution is 2.05. The Morgan fingerprint density at radius 2 is 2.57 bits per heavy atom. The Kier molecular flexibility index (Phi) is 0.978. The molecule has 1 aromatic heterocycles. The Morgan fingerprint density at radius 1 is 1.71 bits per heavy atom. The first-order chi connectivity index (χ1) is 3.43. The minimum Gasteiger partial charge on any atom is -0.364 e. The monoisotopic (exact) mass is 101 g/mol. The third kappa shape index (κ3) is 0.707. The number of halogens is 1. The van der Waals surface area contributed by atoms with Gasteiger partial charge in [0.05, 0.1) is 0 Å². The Bertz CT molecular complexity index is 126. The van der Waals surface area contributed by atoms with Crippen molar-refractivity contribution in [2.75, 3.05) is 0 Å². The Balaban J connectivity index is 2.76. The largest absolute Gasteiger partial charge is 0.364 e. The van der Waals surface area contributed by atoms with Gasteiger partial charge in [0.1, 0.15) is 0 Å². The van der Waals surface area contributed by atoms with E-state index in [-0.39, 0.29) is 5.75 Å². The summed E-state index contributed by atoms with van der Waals surface area (Å²) in [7, 11) is 0. The third-order valence-corrected chi connectivity index (χ3v) is 0.659. The molecule has 1 aromatic rings. The van der Waals surface area contributed by atoms with Gasteiger partial charge in [-0.25, -0.2) is 0 Å². The summed E-state index contributed by atoms with van der Waals surface area (Å²) in [6.07, 6.45) is 2.99. The van der Waals surface area contributed by atoms with Gasteiger partial charge in [-0.1, -0.05) is 0 Å². The topological polar surface area (TPSA) is 25.0 Å². The van der Waals surface area contributed by atoms with Crippen LogP contribution in [0.2, 0.25) is 0 Å². The van der Waals surface area contributed by atoms with E-state index < -0.39 is 0 Å². The maximum absolute atomic E-state index is 11.0. The van der Waals surface area contributed by atoms with Crippen molar-refractivity contribution in [2.45, 2.75) is 0 Å². The van der Waals surface area contributed by atoms with Crippen LogP contribution in [0.5, 0.6) is 5.75 Å². The van der Waals surface area contributed by atoms with E-state index in [0.717, 1.165) is 0 Å². The van der Waals surface area contributed by atoms with E-state index in [4.69, 9.17) is 0 Å². The first-order valence-electron chi connectivity index (χ1n) is 1.85. The lowest BCUT2D eigenvalue weighted by Gasteiger charge is -1.77. The number of aromatic amines is 1. The van der Waals surface area contributed by atoms with Crippen LogP contribution in [0.15, 0.2) is 18.5 Å². The molecule has 7 heavy (non-hydrogen) atoms. The van der Waals surface area contributed by atoms with Crippen LogP contribution in [-0.4, -0.2) is 4.98 Å². The summed E-state index contributed by atoms with van der Waals surface area (Å²) in [4.78, 5) is 5.94. The van der Waals surface area contributed by atoms with Crippen molar-refractivity contribution in [3.63, 3.8) is 0 Å². The summed E-state index contributed by atoms with van der Waals surface area (Å²) in [5, 5.41) is 0. The van der Waals surface area contributed by atoms with Crippen LogP contribution in [0.4, 0.5) is 4.53 Å². The molecular formula is C4H4FNO. The van der Waals surface area contributed by atoms with Crippen LogP contribution in [0.25, 0.3) is 0 Å². The quantitative estimate of drug-likeness (QED) is 0.566.